The normalized spacial score (nSPS) is 12.8. The highest BCUT2D eigenvalue weighted by molar-refractivity contribution is 5.76. The van der Waals surface area contributed by atoms with Crippen LogP contribution in [0.15, 0.2) is 12.2 Å². The van der Waals surface area contributed by atoms with Gasteiger partial charge < -0.3 is 20.3 Å². The van der Waals surface area contributed by atoms with Gasteiger partial charge in [-0.3, -0.25) is 9.59 Å². The second kappa shape index (κ2) is 42.3. The maximum absolute atomic E-state index is 12.3. The van der Waals surface area contributed by atoms with Crippen LogP contribution >= 0.6 is 0 Å². The van der Waals surface area contributed by atoms with Crippen LogP contribution in [-0.4, -0.2) is 47.4 Å². The lowest BCUT2D eigenvalue weighted by Gasteiger charge is -2.20. The Balaban J connectivity index is 3.44. The fourth-order valence-corrected chi connectivity index (χ4v) is 6.98. The van der Waals surface area contributed by atoms with Gasteiger partial charge in [0.1, 0.15) is 0 Å². The Morgan fingerprint density at radius 1 is 0.519 bits per heavy atom. The van der Waals surface area contributed by atoms with Gasteiger partial charge in [0.05, 0.1) is 25.4 Å². The van der Waals surface area contributed by atoms with Gasteiger partial charge in [-0.15, -0.1) is 0 Å². The van der Waals surface area contributed by atoms with E-state index in [4.69, 9.17) is 4.74 Å². The molecule has 0 saturated carbocycles. The van der Waals surface area contributed by atoms with Crippen LogP contribution in [0.1, 0.15) is 245 Å². The highest BCUT2D eigenvalue weighted by Gasteiger charge is 2.18. The van der Waals surface area contributed by atoms with Gasteiger partial charge in [0, 0.05) is 12.8 Å². The Labute approximate surface area is 323 Å². The third-order valence-corrected chi connectivity index (χ3v) is 10.6. The molecule has 6 heteroatoms. The molecule has 3 N–H and O–H groups in total. The largest absolute Gasteiger partial charge is 0.466 e. The van der Waals surface area contributed by atoms with E-state index in [1.165, 1.54) is 161 Å². The molecule has 0 fully saturated rings. The lowest BCUT2D eigenvalue weighted by Crippen LogP contribution is -2.45. The number of carbonyl (C=O) groups is 2. The van der Waals surface area contributed by atoms with Crippen LogP contribution in [-0.2, 0) is 14.3 Å². The van der Waals surface area contributed by atoms with Gasteiger partial charge in [-0.05, 0) is 32.1 Å². The molecule has 0 radical (unpaired) electrons. The van der Waals surface area contributed by atoms with Gasteiger partial charge in [0.15, 0.2) is 0 Å². The van der Waals surface area contributed by atoms with Crippen LogP contribution in [0.5, 0.6) is 0 Å². The molecule has 0 rings (SSSR count). The third-order valence-electron chi connectivity index (χ3n) is 10.6. The molecule has 0 heterocycles. The molecule has 52 heavy (non-hydrogen) atoms. The van der Waals surface area contributed by atoms with E-state index in [2.05, 4.69) is 19.2 Å². The van der Waals surface area contributed by atoms with Crippen molar-refractivity contribution in [1.29, 1.82) is 0 Å². The first-order valence-corrected chi connectivity index (χ1v) is 23.0. The highest BCUT2D eigenvalue weighted by atomic mass is 16.5. The average Bonchev–Trinajstić information content (AvgIpc) is 3.14. The van der Waals surface area contributed by atoms with E-state index in [1.54, 1.807) is 6.08 Å². The van der Waals surface area contributed by atoms with Crippen LogP contribution in [0, 0.1) is 0 Å². The summed E-state index contributed by atoms with van der Waals surface area (Å²) in [6.07, 6.45) is 46.3. The summed E-state index contributed by atoms with van der Waals surface area (Å²) in [4.78, 5) is 24.3. The summed E-state index contributed by atoms with van der Waals surface area (Å²) < 4.78 is 5.44. The summed E-state index contributed by atoms with van der Waals surface area (Å²) in [6, 6.07) is -0.632. The molecule has 0 saturated heterocycles. The van der Waals surface area contributed by atoms with Gasteiger partial charge in [-0.2, -0.15) is 0 Å². The van der Waals surface area contributed by atoms with E-state index in [9.17, 15) is 19.8 Å². The molecule has 0 spiro atoms. The molecule has 0 aliphatic carbocycles. The van der Waals surface area contributed by atoms with Crippen LogP contribution in [0.25, 0.3) is 0 Å². The average molecular weight is 736 g/mol. The fraction of sp³-hybridized carbons (Fsp3) is 0.913. The van der Waals surface area contributed by atoms with E-state index >= 15 is 0 Å². The zero-order valence-corrected chi connectivity index (χ0v) is 34.8. The van der Waals surface area contributed by atoms with Crippen molar-refractivity contribution in [2.24, 2.45) is 0 Å². The summed E-state index contributed by atoms with van der Waals surface area (Å²) in [5, 5.41) is 22.8. The van der Waals surface area contributed by atoms with Crippen LogP contribution < -0.4 is 5.32 Å². The molecule has 0 aromatic rings. The fourth-order valence-electron chi connectivity index (χ4n) is 6.98. The number of aliphatic hydroxyl groups excluding tert-OH is 2. The standard InChI is InChI=1S/C46H89NO5/c1-3-5-7-9-11-13-14-20-24-28-32-36-40-46(51)52-41-37-33-29-25-21-18-16-15-17-19-23-27-31-35-39-45(50)47-43(42-48)44(49)38-34-30-26-22-12-10-8-6-4-2/h34,38,43-44,48-49H,3-33,35-37,39-42H2,1-2H3,(H,47,50)/b38-34+. The zero-order chi connectivity index (χ0) is 38.0. The smallest absolute Gasteiger partial charge is 0.305 e. The number of unbranched alkanes of at least 4 members (excludes halogenated alkanes) is 31. The molecule has 1 amide bonds. The molecule has 2 atom stereocenters. The number of aliphatic hydroxyl groups is 2. The molecule has 0 bridgehead atoms. The first kappa shape index (κ1) is 50.6. The van der Waals surface area contributed by atoms with Crippen molar-refractivity contribution in [1.82, 2.24) is 5.32 Å². The van der Waals surface area contributed by atoms with Crippen molar-refractivity contribution < 1.29 is 24.5 Å². The lowest BCUT2D eigenvalue weighted by atomic mass is 10.0. The molecule has 0 aliphatic heterocycles. The third kappa shape index (κ3) is 38.3. The Morgan fingerprint density at radius 3 is 1.31 bits per heavy atom. The highest BCUT2D eigenvalue weighted by Crippen LogP contribution is 2.15. The van der Waals surface area contributed by atoms with Crippen molar-refractivity contribution in [3.8, 4) is 0 Å². The minimum absolute atomic E-state index is 0.00352. The number of amides is 1. The number of ether oxygens (including phenoxy) is 1. The quantitative estimate of drug-likeness (QED) is 0.0329. The summed E-state index contributed by atoms with van der Waals surface area (Å²) in [5.41, 5.74) is 0. The molecule has 2 unspecified atom stereocenters. The summed E-state index contributed by atoms with van der Waals surface area (Å²) >= 11 is 0. The summed E-state index contributed by atoms with van der Waals surface area (Å²) in [5.74, 6) is -0.0848. The van der Waals surface area contributed by atoms with Crippen molar-refractivity contribution >= 4 is 11.9 Å². The molecule has 0 aromatic heterocycles. The molecular weight excluding hydrogens is 647 g/mol. The van der Waals surface area contributed by atoms with E-state index in [0.29, 0.717) is 19.4 Å². The number of carbonyl (C=O) groups excluding carboxylic acids is 2. The molecule has 0 aliphatic rings. The second-order valence-corrected chi connectivity index (χ2v) is 15.7. The van der Waals surface area contributed by atoms with Crippen LogP contribution in [0.4, 0.5) is 0 Å². The zero-order valence-electron chi connectivity index (χ0n) is 34.8. The van der Waals surface area contributed by atoms with Crippen molar-refractivity contribution in [3.05, 3.63) is 12.2 Å². The first-order chi connectivity index (χ1) is 25.5. The Kier molecular flexibility index (Phi) is 41.2. The summed E-state index contributed by atoms with van der Waals surface area (Å²) in [6.45, 7) is 4.84. The maximum atomic E-state index is 12.3. The Morgan fingerprint density at radius 2 is 0.885 bits per heavy atom. The van der Waals surface area contributed by atoms with Gasteiger partial charge in [0.2, 0.25) is 5.91 Å². The number of hydrogen-bond acceptors (Lipinski definition) is 5. The van der Waals surface area contributed by atoms with Gasteiger partial charge in [-0.25, -0.2) is 0 Å². The van der Waals surface area contributed by atoms with E-state index in [0.717, 1.165) is 57.8 Å². The molecular formula is C46H89NO5. The SMILES string of the molecule is CCCCCCCCC/C=C/C(O)C(CO)NC(=O)CCCCCCCCCCCCCCCCOC(=O)CCCCCCCCCCCCCC. The number of hydrogen-bond donors (Lipinski definition) is 3. The molecule has 308 valence electrons. The topological polar surface area (TPSA) is 95.9 Å². The summed E-state index contributed by atoms with van der Waals surface area (Å²) in [7, 11) is 0. The minimum Gasteiger partial charge on any atom is -0.466 e. The van der Waals surface area contributed by atoms with E-state index < -0.39 is 12.1 Å². The number of esters is 1. The van der Waals surface area contributed by atoms with Crippen molar-refractivity contribution in [2.45, 2.75) is 257 Å². The van der Waals surface area contributed by atoms with Crippen molar-refractivity contribution in [3.63, 3.8) is 0 Å². The van der Waals surface area contributed by atoms with Gasteiger partial charge in [0.25, 0.3) is 0 Å². The predicted octanol–water partition coefficient (Wildman–Crippen LogP) is 13.0. The number of allylic oxidation sites excluding steroid dienone is 1. The van der Waals surface area contributed by atoms with Crippen LogP contribution in [0.3, 0.4) is 0 Å². The lowest BCUT2D eigenvalue weighted by molar-refractivity contribution is -0.143. The molecule has 6 nitrogen and oxygen atoms in total. The van der Waals surface area contributed by atoms with Gasteiger partial charge >= 0.3 is 5.97 Å². The van der Waals surface area contributed by atoms with Crippen LogP contribution in [0.2, 0.25) is 0 Å². The van der Waals surface area contributed by atoms with Gasteiger partial charge in [-0.1, -0.05) is 212 Å². The Bertz CT molecular complexity index is 772. The van der Waals surface area contributed by atoms with Crippen molar-refractivity contribution in [2.75, 3.05) is 13.2 Å². The number of nitrogens with one attached hydrogen (secondary N) is 1. The first-order valence-electron chi connectivity index (χ1n) is 23.0. The maximum Gasteiger partial charge on any atom is 0.305 e. The second-order valence-electron chi connectivity index (χ2n) is 15.7. The Hall–Kier alpha value is -1.40. The monoisotopic (exact) mass is 736 g/mol. The minimum atomic E-state index is -0.847. The predicted molar refractivity (Wildman–Crippen MR) is 223 cm³/mol. The molecule has 0 aromatic carbocycles. The number of rotatable bonds is 42. The van der Waals surface area contributed by atoms with E-state index in [1.807, 2.05) is 6.08 Å². The van der Waals surface area contributed by atoms with E-state index in [-0.39, 0.29) is 18.5 Å².